The summed E-state index contributed by atoms with van der Waals surface area (Å²) in [6, 6.07) is 6.20. The number of hydrogen-bond donors (Lipinski definition) is 0. The lowest BCUT2D eigenvalue weighted by Crippen LogP contribution is -2.41. The molecular weight excluding hydrogens is 305 g/mol. The Labute approximate surface area is 145 Å². The zero-order valence-corrected chi connectivity index (χ0v) is 15.6. The molecule has 2 aliphatic heterocycles. The molecule has 0 spiro atoms. The molecule has 0 radical (unpaired) electrons. The minimum atomic E-state index is -0.385. The van der Waals surface area contributed by atoms with Gasteiger partial charge in [-0.1, -0.05) is 0 Å². The van der Waals surface area contributed by atoms with E-state index in [4.69, 9.17) is 18.8 Å². The third-order valence-electron chi connectivity index (χ3n) is 5.52. The fraction of sp³-hybridized carbons (Fsp3) is 0.667. The molecule has 0 aromatic heterocycles. The molecule has 2 heterocycles. The van der Waals surface area contributed by atoms with Crippen LogP contribution in [-0.4, -0.2) is 51.7 Å². The second kappa shape index (κ2) is 6.25. The maximum absolute atomic E-state index is 6.19. The van der Waals surface area contributed by atoms with Crippen molar-refractivity contribution in [1.29, 1.82) is 0 Å². The van der Waals surface area contributed by atoms with Crippen LogP contribution in [0.3, 0.4) is 0 Å². The standard InChI is InChI=1S/C18H28BNO4/c1-17(2)18(3,4)24-19(23-17)13-9-14(11-16(10-13)22-6)20-8-7-15(12-20)21-5/h9-11,15H,7-8,12H2,1-6H3/t15-/m1/s1. The molecule has 6 heteroatoms. The Balaban J connectivity index is 1.88. The minimum absolute atomic E-state index is 0.288. The average Bonchev–Trinajstić information content (AvgIpc) is 3.09. The number of anilines is 1. The first-order valence-corrected chi connectivity index (χ1v) is 8.58. The average molecular weight is 333 g/mol. The maximum Gasteiger partial charge on any atom is 0.495 e. The molecule has 0 N–H and O–H groups in total. The highest BCUT2D eigenvalue weighted by Crippen LogP contribution is 2.37. The van der Waals surface area contributed by atoms with Crippen molar-refractivity contribution in [2.75, 3.05) is 32.2 Å². The normalized spacial score (nSPS) is 25.3. The van der Waals surface area contributed by atoms with Crippen molar-refractivity contribution in [3.63, 3.8) is 0 Å². The van der Waals surface area contributed by atoms with Gasteiger partial charge in [0.25, 0.3) is 0 Å². The molecule has 1 atom stereocenters. The maximum atomic E-state index is 6.19. The summed E-state index contributed by atoms with van der Waals surface area (Å²) in [6.07, 6.45) is 1.33. The summed E-state index contributed by atoms with van der Waals surface area (Å²) < 4.78 is 23.4. The van der Waals surface area contributed by atoms with E-state index in [9.17, 15) is 0 Å². The zero-order chi connectivity index (χ0) is 17.5. The van der Waals surface area contributed by atoms with Gasteiger partial charge >= 0.3 is 7.12 Å². The van der Waals surface area contributed by atoms with E-state index in [1.54, 1.807) is 14.2 Å². The summed E-state index contributed by atoms with van der Waals surface area (Å²) in [5.41, 5.74) is 1.41. The molecule has 24 heavy (non-hydrogen) atoms. The molecular formula is C18H28BNO4. The van der Waals surface area contributed by atoms with Crippen molar-refractivity contribution >= 4 is 18.3 Å². The highest BCUT2D eigenvalue weighted by molar-refractivity contribution is 6.62. The van der Waals surface area contributed by atoms with Crippen molar-refractivity contribution in [1.82, 2.24) is 0 Å². The van der Waals surface area contributed by atoms with Gasteiger partial charge in [0.15, 0.2) is 0 Å². The van der Waals surface area contributed by atoms with Crippen LogP contribution in [0.4, 0.5) is 5.69 Å². The Morgan fingerprint density at radius 1 is 1.08 bits per heavy atom. The van der Waals surface area contributed by atoms with Gasteiger partial charge in [0.1, 0.15) is 5.75 Å². The Morgan fingerprint density at radius 3 is 2.29 bits per heavy atom. The molecule has 132 valence electrons. The summed E-state index contributed by atoms with van der Waals surface area (Å²) in [7, 11) is 3.08. The molecule has 2 saturated heterocycles. The fourth-order valence-corrected chi connectivity index (χ4v) is 3.18. The SMILES string of the molecule is COc1cc(B2OC(C)(C)C(C)(C)O2)cc(N2CC[C@@H](OC)C2)c1. The molecule has 2 aliphatic rings. The molecule has 0 saturated carbocycles. The number of benzene rings is 1. The van der Waals surface area contributed by atoms with Crippen LogP contribution in [0.1, 0.15) is 34.1 Å². The molecule has 5 nitrogen and oxygen atoms in total. The number of rotatable bonds is 4. The molecule has 0 amide bonds. The second-order valence-electron chi connectivity index (χ2n) is 7.65. The van der Waals surface area contributed by atoms with Crippen molar-refractivity contribution in [3.8, 4) is 5.75 Å². The topological polar surface area (TPSA) is 40.2 Å². The summed E-state index contributed by atoms with van der Waals surface area (Å²) >= 11 is 0. The van der Waals surface area contributed by atoms with Gasteiger partial charge < -0.3 is 23.7 Å². The molecule has 2 fully saturated rings. The Morgan fingerprint density at radius 2 is 1.75 bits per heavy atom. The Hall–Kier alpha value is -1.24. The van der Waals surface area contributed by atoms with Crippen LogP contribution in [0.2, 0.25) is 0 Å². The zero-order valence-electron chi connectivity index (χ0n) is 15.6. The largest absolute Gasteiger partial charge is 0.497 e. The number of ether oxygens (including phenoxy) is 2. The second-order valence-corrected chi connectivity index (χ2v) is 7.65. The smallest absolute Gasteiger partial charge is 0.495 e. The summed E-state index contributed by atoms with van der Waals surface area (Å²) in [5.74, 6) is 0.818. The van der Waals surface area contributed by atoms with Crippen LogP contribution in [-0.2, 0) is 14.0 Å². The van der Waals surface area contributed by atoms with Gasteiger partial charge in [0.05, 0.1) is 24.4 Å². The third kappa shape index (κ3) is 3.15. The van der Waals surface area contributed by atoms with Crippen molar-refractivity contribution < 1.29 is 18.8 Å². The van der Waals surface area contributed by atoms with E-state index < -0.39 is 0 Å². The molecule has 1 aromatic rings. The lowest BCUT2D eigenvalue weighted by atomic mass is 9.78. The number of nitrogens with zero attached hydrogens (tertiary/aromatic N) is 1. The molecule has 3 rings (SSSR count). The van der Waals surface area contributed by atoms with Crippen LogP contribution < -0.4 is 15.1 Å². The lowest BCUT2D eigenvalue weighted by Gasteiger charge is -2.32. The van der Waals surface area contributed by atoms with Gasteiger partial charge in [-0.3, -0.25) is 0 Å². The van der Waals surface area contributed by atoms with Crippen LogP contribution >= 0.6 is 0 Å². The highest BCUT2D eigenvalue weighted by atomic mass is 16.7. The van der Waals surface area contributed by atoms with Gasteiger partial charge in [-0.25, -0.2) is 0 Å². The summed E-state index contributed by atoms with van der Waals surface area (Å²) in [5, 5.41) is 0. The predicted molar refractivity (Wildman–Crippen MR) is 96.3 cm³/mol. The minimum Gasteiger partial charge on any atom is -0.497 e. The van der Waals surface area contributed by atoms with E-state index in [1.165, 1.54) is 0 Å². The van der Waals surface area contributed by atoms with E-state index >= 15 is 0 Å². The quantitative estimate of drug-likeness (QED) is 0.790. The highest BCUT2D eigenvalue weighted by Gasteiger charge is 2.51. The molecule has 0 unspecified atom stereocenters. The number of hydrogen-bond acceptors (Lipinski definition) is 5. The van der Waals surface area contributed by atoms with Crippen molar-refractivity contribution in [2.24, 2.45) is 0 Å². The molecule has 0 aliphatic carbocycles. The van der Waals surface area contributed by atoms with E-state index in [1.807, 2.05) is 6.07 Å². The summed E-state index contributed by atoms with van der Waals surface area (Å²) in [4.78, 5) is 2.32. The molecule has 0 bridgehead atoms. The van der Waals surface area contributed by atoms with Crippen molar-refractivity contribution in [2.45, 2.75) is 51.4 Å². The van der Waals surface area contributed by atoms with Gasteiger partial charge in [0.2, 0.25) is 0 Å². The van der Waals surface area contributed by atoms with Crippen LogP contribution in [0, 0.1) is 0 Å². The van der Waals surface area contributed by atoms with Gasteiger partial charge in [-0.05, 0) is 51.7 Å². The van der Waals surface area contributed by atoms with Crippen molar-refractivity contribution in [3.05, 3.63) is 18.2 Å². The number of methoxy groups -OCH3 is 2. The van der Waals surface area contributed by atoms with Crippen LogP contribution in [0.5, 0.6) is 5.75 Å². The predicted octanol–water partition coefficient (Wildman–Crippen LogP) is 2.22. The van der Waals surface area contributed by atoms with Crippen LogP contribution in [0.15, 0.2) is 18.2 Å². The van der Waals surface area contributed by atoms with E-state index in [0.29, 0.717) is 0 Å². The summed E-state index contributed by atoms with van der Waals surface area (Å²) in [6.45, 7) is 10.1. The fourth-order valence-electron chi connectivity index (χ4n) is 3.18. The van der Waals surface area contributed by atoms with E-state index in [0.717, 1.165) is 36.4 Å². The Bertz CT molecular complexity index is 589. The first-order chi connectivity index (χ1) is 11.3. The third-order valence-corrected chi connectivity index (χ3v) is 5.52. The monoisotopic (exact) mass is 333 g/mol. The van der Waals surface area contributed by atoms with Gasteiger partial charge in [-0.15, -0.1) is 0 Å². The first kappa shape index (κ1) is 17.6. The lowest BCUT2D eigenvalue weighted by molar-refractivity contribution is 0.00578. The van der Waals surface area contributed by atoms with Crippen LogP contribution in [0.25, 0.3) is 0 Å². The molecule has 1 aromatic carbocycles. The van der Waals surface area contributed by atoms with E-state index in [-0.39, 0.29) is 24.4 Å². The first-order valence-electron chi connectivity index (χ1n) is 8.58. The van der Waals surface area contributed by atoms with Gasteiger partial charge in [-0.2, -0.15) is 0 Å². The van der Waals surface area contributed by atoms with E-state index in [2.05, 4.69) is 44.7 Å². The van der Waals surface area contributed by atoms with Gasteiger partial charge in [0, 0.05) is 32.0 Å². The Kier molecular flexibility index (Phi) is 4.58.